The van der Waals surface area contributed by atoms with Crippen molar-refractivity contribution in [3.8, 4) is 5.69 Å². The van der Waals surface area contributed by atoms with Crippen molar-refractivity contribution >= 4 is 47.3 Å². The SMILES string of the molecule is C=c1c(C(C)=O)cn(-c2ccc(N)cc2Cl)/c1=C/C(Cl)=C\C.CC. The van der Waals surface area contributed by atoms with Gasteiger partial charge in [-0.25, -0.2) is 0 Å². The molecule has 0 atom stereocenters. The van der Waals surface area contributed by atoms with E-state index < -0.39 is 0 Å². The average Bonchev–Trinajstić information content (AvgIpc) is 2.86. The van der Waals surface area contributed by atoms with E-state index in [0.717, 1.165) is 0 Å². The first-order chi connectivity index (χ1) is 11.3. The molecule has 0 bridgehead atoms. The maximum atomic E-state index is 11.8. The van der Waals surface area contributed by atoms with Gasteiger partial charge in [0.15, 0.2) is 5.78 Å². The van der Waals surface area contributed by atoms with Crippen molar-refractivity contribution in [3.63, 3.8) is 0 Å². The number of halogens is 2. The van der Waals surface area contributed by atoms with Crippen molar-refractivity contribution in [1.82, 2.24) is 4.57 Å². The Labute approximate surface area is 152 Å². The molecule has 1 heterocycles. The van der Waals surface area contributed by atoms with Gasteiger partial charge >= 0.3 is 0 Å². The second-order valence-corrected chi connectivity index (χ2v) is 5.71. The molecule has 2 aromatic rings. The Morgan fingerprint density at radius 1 is 1.33 bits per heavy atom. The van der Waals surface area contributed by atoms with E-state index in [1.54, 1.807) is 41.1 Å². The molecule has 0 saturated heterocycles. The fourth-order valence-electron chi connectivity index (χ4n) is 2.15. The fourth-order valence-corrected chi connectivity index (χ4v) is 2.54. The third kappa shape index (κ3) is 4.31. The van der Waals surface area contributed by atoms with Crippen LogP contribution in [0.1, 0.15) is 38.1 Å². The summed E-state index contributed by atoms with van der Waals surface area (Å²) in [7, 11) is 0. The molecule has 24 heavy (non-hydrogen) atoms. The van der Waals surface area contributed by atoms with Crippen LogP contribution in [0.4, 0.5) is 5.69 Å². The van der Waals surface area contributed by atoms with Gasteiger partial charge in [0.25, 0.3) is 0 Å². The lowest BCUT2D eigenvalue weighted by molar-refractivity contribution is 0.101. The van der Waals surface area contributed by atoms with Crippen molar-refractivity contribution in [1.29, 1.82) is 0 Å². The monoisotopic (exact) mass is 364 g/mol. The zero-order chi connectivity index (χ0) is 18.4. The first-order valence-corrected chi connectivity index (χ1v) is 8.41. The zero-order valence-electron chi connectivity index (χ0n) is 14.4. The van der Waals surface area contributed by atoms with Gasteiger partial charge in [-0.05, 0) is 38.1 Å². The summed E-state index contributed by atoms with van der Waals surface area (Å²) in [5.74, 6) is -0.0680. The number of carbonyl (C=O) groups is 1. The number of ketones is 1. The molecule has 2 rings (SSSR count). The minimum absolute atomic E-state index is 0.0680. The molecule has 0 spiro atoms. The third-order valence-electron chi connectivity index (χ3n) is 3.31. The number of nitrogens with two attached hydrogens (primary N) is 1. The number of hydrogen-bond donors (Lipinski definition) is 1. The van der Waals surface area contributed by atoms with E-state index in [-0.39, 0.29) is 5.78 Å². The molecule has 1 aromatic heterocycles. The molecule has 0 radical (unpaired) electrons. The van der Waals surface area contributed by atoms with E-state index in [0.29, 0.717) is 37.6 Å². The van der Waals surface area contributed by atoms with Crippen LogP contribution in [0.25, 0.3) is 18.3 Å². The minimum atomic E-state index is -0.0680. The Kier molecular flexibility index (Phi) is 7.33. The standard InChI is InChI=1S/C17H16Cl2N2O.C2H6/c1-4-12(18)7-17-10(2)14(11(3)22)9-21(17)16-6-5-13(20)8-15(16)19;1-2/h4-9H,2,20H2,1,3H3;1-2H3/b12-4+,17-7+;. The number of Topliss-reactive ketones (excluding diaryl/α,β-unsaturated/α-hetero) is 1. The molecule has 0 aliphatic rings. The maximum Gasteiger partial charge on any atom is 0.161 e. The van der Waals surface area contributed by atoms with Crippen LogP contribution in [0.3, 0.4) is 0 Å². The number of hydrogen-bond acceptors (Lipinski definition) is 2. The van der Waals surface area contributed by atoms with E-state index in [9.17, 15) is 4.79 Å². The molecule has 3 nitrogen and oxygen atoms in total. The van der Waals surface area contributed by atoms with E-state index in [4.69, 9.17) is 28.9 Å². The van der Waals surface area contributed by atoms with Gasteiger partial charge in [0.2, 0.25) is 0 Å². The lowest BCUT2D eigenvalue weighted by atomic mass is 10.2. The molecule has 128 valence electrons. The molecule has 5 heteroatoms. The first-order valence-electron chi connectivity index (χ1n) is 7.65. The zero-order valence-corrected chi connectivity index (χ0v) is 15.9. The van der Waals surface area contributed by atoms with E-state index in [1.807, 2.05) is 20.8 Å². The third-order valence-corrected chi connectivity index (χ3v) is 3.94. The second kappa shape index (κ2) is 8.76. The molecule has 0 saturated carbocycles. The summed E-state index contributed by atoms with van der Waals surface area (Å²) in [6.07, 6.45) is 5.23. The number of nitrogen functional groups attached to an aromatic ring is 1. The second-order valence-electron chi connectivity index (χ2n) is 4.86. The lowest BCUT2D eigenvalue weighted by Gasteiger charge is -2.07. The molecule has 0 aliphatic heterocycles. The van der Waals surface area contributed by atoms with E-state index >= 15 is 0 Å². The van der Waals surface area contributed by atoms with Crippen LogP contribution in [0.5, 0.6) is 0 Å². The minimum Gasteiger partial charge on any atom is -0.399 e. The van der Waals surface area contributed by atoms with Crippen molar-refractivity contribution in [2.75, 3.05) is 5.73 Å². The van der Waals surface area contributed by atoms with Crippen LogP contribution < -0.4 is 16.3 Å². The number of anilines is 1. The highest BCUT2D eigenvalue weighted by atomic mass is 35.5. The van der Waals surface area contributed by atoms with Gasteiger partial charge in [-0.2, -0.15) is 0 Å². The summed E-state index contributed by atoms with van der Waals surface area (Å²) in [6, 6.07) is 5.20. The van der Waals surface area contributed by atoms with Gasteiger partial charge in [0, 0.05) is 27.7 Å². The quantitative estimate of drug-likeness (QED) is 0.652. The Balaban J connectivity index is 0.00000139. The highest BCUT2D eigenvalue weighted by molar-refractivity contribution is 6.34. The van der Waals surface area contributed by atoms with Crippen LogP contribution in [-0.4, -0.2) is 10.4 Å². The number of allylic oxidation sites excluding steroid dienone is 2. The normalized spacial score (nSPS) is 11.9. The summed E-state index contributed by atoms with van der Waals surface area (Å²) < 4.78 is 1.80. The Bertz CT molecular complexity index is 880. The molecule has 0 aliphatic carbocycles. The van der Waals surface area contributed by atoms with Crippen LogP contribution in [0, 0.1) is 0 Å². The van der Waals surface area contributed by atoms with Gasteiger partial charge in [0.1, 0.15) is 0 Å². The van der Waals surface area contributed by atoms with Crippen LogP contribution in [-0.2, 0) is 0 Å². The van der Waals surface area contributed by atoms with Crippen LogP contribution in [0.2, 0.25) is 5.02 Å². The van der Waals surface area contributed by atoms with Crippen molar-refractivity contribution < 1.29 is 4.79 Å². The van der Waals surface area contributed by atoms with Gasteiger partial charge in [-0.15, -0.1) is 0 Å². The summed E-state index contributed by atoms with van der Waals surface area (Å²) in [6.45, 7) is 11.3. The summed E-state index contributed by atoms with van der Waals surface area (Å²) in [5, 5.41) is 2.35. The average molecular weight is 365 g/mol. The van der Waals surface area contributed by atoms with Gasteiger partial charge < -0.3 is 10.3 Å². The first kappa shape index (κ1) is 20.1. The molecule has 0 unspecified atom stereocenters. The van der Waals surface area contributed by atoms with Crippen LogP contribution >= 0.6 is 23.2 Å². The molecular weight excluding hydrogens is 343 g/mol. The molecule has 1 aromatic carbocycles. The molecular formula is C19H22Cl2N2O. The summed E-state index contributed by atoms with van der Waals surface area (Å²) in [4.78, 5) is 11.8. The molecule has 2 N–H and O–H groups in total. The van der Waals surface area contributed by atoms with Crippen molar-refractivity contribution in [2.24, 2.45) is 0 Å². The van der Waals surface area contributed by atoms with Gasteiger partial charge in [0.05, 0.1) is 16.1 Å². The van der Waals surface area contributed by atoms with E-state index in [2.05, 4.69) is 6.58 Å². The fraction of sp³-hybridized carbons (Fsp3) is 0.211. The van der Waals surface area contributed by atoms with Crippen molar-refractivity contribution in [2.45, 2.75) is 27.7 Å². The molecule has 0 fully saturated rings. The maximum absolute atomic E-state index is 11.8. The highest BCUT2D eigenvalue weighted by Crippen LogP contribution is 2.22. The Morgan fingerprint density at radius 3 is 2.46 bits per heavy atom. The number of carbonyl (C=O) groups excluding carboxylic acids is 1. The number of aromatic nitrogens is 1. The van der Waals surface area contributed by atoms with Gasteiger partial charge in [-0.3, -0.25) is 4.79 Å². The molecule has 0 amide bonds. The highest BCUT2D eigenvalue weighted by Gasteiger charge is 2.11. The Morgan fingerprint density at radius 2 is 1.96 bits per heavy atom. The lowest BCUT2D eigenvalue weighted by Crippen LogP contribution is -2.29. The Hall–Kier alpha value is -1.97. The topological polar surface area (TPSA) is 48.0 Å². The predicted molar refractivity (Wildman–Crippen MR) is 105 cm³/mol. The van der Waals surface area contributed by atoms with Gasteiger partial charge in [-0.1, -0.05) is 49.7 Å². The summed E-state index contributed by atoms with van der Waals surface area (Å²) in [5.41, 5.74) is 7.54. The van der Waals surface area contributed by atoms with E-state index in [1.165, 1.54) is 6.92 Å². The smallest absolute Gasteiger partial charge is 0.161 e. The number of rotatable bonds is 3. The number of benzene rings is 1. The van der Waals surface area contributed by atoms with Crippen LogP contribution in [0.15, 0.2) is 35.5 Å². The number of nitrogens with zero attached hydrogens (tertiary/aromatic N) is 1. The predicted octanol–water partition coefficient (Wildman–Crippen LogP) is 4.28. The largest absolute Gasteiger partial charge is 0.399 e. The van der Waals surface area contributed by atoms with Crippen molar-refractivity contribution in [3.05, 3.63) is 56.7 Å². The summed E-state index contributed by atoms with van der Waals surface area (Å²) >= 11 is 12.4.